The lowest BCUT2D eigenvalue weighted by atomic mass is 10.1. The van der Waals surface area contributed by atoms with Gasteiger partial charge in [-0.2, -0.15) is 4.31 Å². The Morgan fingerprint density at radius 3 is 2.10 bits per heavy atom. The molecule has 0 heterocycles. The number of benzene rings is 2. The first-order valence-corrected chi connectivity index (χ1v) is 12.2. The molecule has 2 aromatic carbocycles. The molecule has 0 aliphatic carbocycles. The average molecular weight is 481 g/mol. The summed E-state index contributed by atoms with van der Waals surface area (Å²) in [5, 5.41) is 0. The van der Waals surface area contributed by atoms with E-state index >= 15 is 0 Å². The predicted octanol–water partition coefficient (Wildman–Crippen LogP) is 5.09. The Labute approximate surface area is 182 Å². The van der Waals surface area contributed by atoms with Crippen molar-refractivity contribution in [1.29, 1.82) is 0 Å². The lowest BCUT2D eigenvalue weighted by Crippen LogP contribution is -2.34. The minimum absolute atomic E-state index is 0.0917. The topological polar surface area (TPSA) is 57.7 Å². The highest BCUT2D eigenvalue weighted by Gasteiger charge is 2.30. The molecule has 0 saturated heterocycles. The van der Waals surface area contributed by atoms with Gasteiger partial charge in [0.25, 0.3) is 5.91 Å². The summed E-state index contributed by atoms with van der Waals surface area (Å²) in [6.45, 7) is 9.34. The van der Waals surface area contributed by atoms with Gasteiger partial charge in [-0.25, -0.2) is 8.42 Å². The SMILES string of the molecule is CCCN(C(C)c1ccccc1Br)S(=O)(=O)c1ccc(C(=O)N(CC)CC)cc1. The smallest absolute Gasteiger partial charge is 0.253 e. The Bertz CT molecular complexity index is 925. The van der Waals surface area contributed by atoms with E-state index in [1.807, 2.05) is 52.0 Å². The van der Waals surface area contributed by atoms with Crippen LogP contribution in [0.3, 0.4) is 0 Å². The van der Waals surface area contributed by atoms with Crippen LogP contribution in [-0.4, -0.2) is 43.2 Å². The molecule has 29 heavy (non-hydrogen) atoms. The van der Waals surface area contributed by atoms with Crippen LogP contribution in [0.25, 0.3) is 0 Å². The molecule has 0 aliphatic heterocycles. The Hall–Kier alpha value is -1.70. The molecule has 0 bridgehead atoms. The zero-order valence-electron chi connectivity index (χ0n) is 17.4. The van der Waals surface area contributed by atoms with E-state index in [0.717, 1.165) is 10.0 Å². The van der Waals surface area contributed by atoms with Crippen molar-refractivity contribution in [3.63, 3.8) is 0 Å². The van der Waals surface area contributed by atoms with Crippen molar-refractivity contribution in [2.75, 3.05) is 19.6 Å². The third-order valence-electron chi connectivity index (χ3n) is 4.99. The summed E-state index contributed by atoms with van der Waals surface area (Å²) in [7, 11) is -3.71. The molecule has 2 rings (SSSR count). The fourth-order valence-corrected chi connectivity index (χ4v) is 5.63. The van der Waals surface area contributed by atoms with Crippen LogP contribution in [-0.2, 0) is 10.0 Å². The van der Waals surface area contributed by atoms with Gasteiger partial charge in [-0.05, 0) is 63.1 Å². The van der Waals surface area contributed by atoms with Crippen molar-refractivity contribution in [2.45, 2.75) is 45.1 Å². The summed E-state index contributed by atoms with van der Waals surface area (Å²) in [5.41, 5.74) is 1.41. The molecule has 0 aliphatic rings. The molecule has 0 N–H and O–H groups in total. The normalized spacial score (nSPS) is 12.8. The zero-order chi connectivity index (χ0) is 21.6. The Kier molecular flexibility index (Phi) is 8.43. The van der Waals surface area contributed by atoms with Gasteiger partial charge in [0, 0.05) is 35.7 Å². The maximum atomic E-state index is 13.4. The molecule has 0 aromatic heterocycles. The van der Waals surface area contributed by atoms with E-state index in [4.69, 9.17) is 0 Å². The van der Waals surface area contributed by atoms with Gasteiger partial charge in [-0.1, -0.05) is 41.1 Å². The zero-order valence-corrected chi connectivity index (χ0v) is 19.8. The number of rotatable bonds is 9. The van der Waals surface area contributed by atoms with Gasteiger partial charge in [0.15, 0.2) is 0 Å². The molecule has 0 saturated carbocycles. The summed E-state index contributed by atoms with van der Waals surface area (Å²) < 4.78 is 29.2. The van der Waals surface area contributed by atoms with Crippen LogP contribution in [0.5, 0.6) is 0 Å². The van der Waals surface area contributed by atoms with E-state index in [2.05, 4.69) is 15.9 Å². The summed E-state index contributed by atoms with van der Waals surface area (Å²) in [5.74, 6) is -0.0917. The summed E-state index contributed by atoms with van der Waals surface area (Å²) in [6, 6.07) is 13.6. The maximum absolute atomic E-state index is 13.4. The first kappa shape index (κ1) is 23.6. The van der Waals surface area contributed by atoms with Gasteiger partial charge < -0.3 is 4.90 Å². The minimum Gasteiger partial charge on any atom is -0.339 e. The fraction of sp³-hybridized carbons (Fsp3) is 0.409. The van der Waals surface area contributed by atoms with Gasteiger partial charge in [0.2, 0.25) is 10.0 Å². The highest BCUT2D eigenvalue weighted by molar-refractivity contribution is 9.10. The van der Waals surface area contributed by atoms with Crippen LogP contribution in [0.4, 0.5) is 0 Å². The summed E-state index contributed by atoms with van der Waals surface area (Å²) in [4.78, 5) is 14.4. The monoisotopic (exact) mass is 480 g/mol. The van der Waals surface area contributed by atoms with Gasteiger partial charge in [0.05, 0.1) is 4.90 Å². The largest absolute Gasteiger partial charge is 0.339 e. The number of hydrogen-bond acceptors (Lipinski definition) is 3. The number of hydrogen-bond donors (Lipinski definition) is 0. The lowest BCUT2D eigenvalue weighted by Gasteiger charge is -2.29. The third kappa shape index (κ3) is 5.27. The first-order valence-electron chi connectivity index (χ1n) is 9.93. The Morgan fingerprint density at radius 2 is 1.59 bits per heavy atom. The molecule has 5 nitrogen and oxygen atoms in total. The highest BCUT2D eigenvalue weighted by Crippen LogP contribution is 2.32. The van der Waals surface area contributed by atoms with Crippen LogP contribution in [0, 0.1) is 0 Å². The van der Waals surface area contributed by atoms with E-state index in [9.17, 15) is 13.2 Å². The quantitative estimate of drug-likeness (QED) is 0.501. The number of amides is 1. The van der Waals surface area contributed by atoms with Crippen LogP contribution in [0.1, 0.15) is 56.1 Å². The van der Waals surface area contributed by atoms with Gasteiger partial charge >= 0.3 is 0 Å². The molecular formula is C22H29BrN2O3S. The summed E-state index contributed by atoms with van der Waals surface area (Å²) >= 11 is 3.53. The average Bonchev–Trinajstić information content (AvgIpc) is 2.72. The van der Waals surface area contributed by atoms with Gasteiger partial charge in [-0.15, -0.1) is 0 Å². The van der Waals surface area contributed by atoms with E-state index in [1.54, 1.807) is 17.0 Å². The van der Waals surface area contributed by atoms with Crippen LogP contribution < -0.4 is 0 Å². The van der Waals surface area contributed by atoms with Gasteiger partial charge in [0.1, 0.15) is 0 Å². The number of carbonyl (C=O) groups excluding carboxylic acids is 1. The highest BCUT2D eigenvalue weighted by atomic mass is 79.9. The van der Waals surface area contributed by atoms with Crippen molar-refractivity contribution < 1.29 is 13.2 Å². The molecular weight excluding hydrogens is 452 g/mol. The molecule has 7 heteroatoms. The standard InChI is InChI=1S/C22H29BrN2O3S/c1-5-16-25(17(4)20-10-8-9-11-21(20)23)29(27,28)19-14-12-18(13-15-19)22(26)24(6-2)7-3/h8-15,17H,5-7,16H2,1-4H3. The Morgan fingerprint density at radius 1 is 1.00 bits per heavy atom. The predicted molar refractivity (Wildman–Crippen MR) is 120 cm³/mol. The molecule has 2 aromatic rings. The van der Waals surface area contributed by atoms with Crippen molar-refractivity contribution in [3.05, 3.63) is 64.1 Å². The second kappa shape index (κ2) is 10.4. The second-order valence-corrected chi connectivity index (χ2v) is 9.56. The number of halogens is 1. The van der Waals surface area contributed by atoms with Crippen LogP contribution in [0.15, 0.2) is 57.9 Å². The molecule has 0 spiro atoms. The van der Waals surface area contributed by atoms with Crippen molar-refractivity contribution in [2.24, 2.45) is 0 Å². The number of sulfonamides is 1. The molecule has 1 amide bonds. The Balaban J connectivity index is 2.37. The van der Waals surface area contributed by atoms with E-state index in [1.165, 1.54) is 16.4 Å². The second-order valence-electron chi connectivity index (χ2n) is 6.82. The molecule has 1 unspecified atom stereocenters. The van der Waals surface area contributed by atoms with Crippen molar-refractivity contribution in [1.82, 2.24) is 9.21 Å². The molecule has 1 atom stereocenters. The van der Waals surface area contributed by atoms with Crippen molar-refractivity contribution in [3.8, 4) is 0 Å². The third-order valence-corrected chi connectivity index (χ3v) is 7.70. The van der Waals surface area contributed by atoms with E-state index < -0.39 is 10.0 Å². The van der Waals surface area contributed by atoms with Gasteiger partial charge in [-0.3, -0.25) is 4.79 Å². The van der Waals surface area contributed by atoms with E-state index in [-0.39, 0.29) is 16.8 Å². The maximum Gasteiger partial charge on any atom is 0.253 e. The molecule has 0 fully saturated rings. The van der Waals surface area contributed by atoms with Crippen LogP contribution in [0.2, 0.25) is 0 Å². The number of nitrogens with zero attached hydrogens (tertiary/aromatic N) is 2. The number of carbonyl (C=O) groups is 1. The van der Waals surface area contributed by atoms with Crippen molar-refractivity contribution >= 4 is 31.9 Å². The minimum atomic E-state index is -3.71. The summed E-state index contributed by atoms with van der Waals surface area (Å²) in [6.07, 6.45) is 0.701. The molecule has 158 valence electrons. The fourth-order valence-electron chi connectivity index (χ4n) is 3.31. The lowest BCUT2D eigenvalue weighted by molar-refractivity contribution is 0.0773. The molecule has 0 radical (unpaired) electrons. The first-order chi connectivity index (χ1) is 13.8. The van der Waals surface area contributed by atoms with Crippen LogP contribution >= 0.6 is 15.9 Å². The van der Waals surface area contributed by atoms with E-state index in [0.29, 0.717) is 31.6 Å².